The number of amides is 10. The van der Waals surface area contributed by atoms with Crippen LogP contribution in [0.15, 0.2) is 52.8 Å². The first-order valence-electron chi connectivity index (χ1n) is 24.7. The Morgan fingerprint density at radius 3 is 1.81 bits per heavy atom. The second kappa shape index (κ2) is 29.4. The molecule has 0 unspecified atom stereocenters. The zero-order chi connectivity index (χ0) is 55.2. The van der Waals surface area contributed by atoms with Gasteiger partial charge in [0.1, 0.15) is 48.3 Å². The number of rotatable bonds is 30. The summed E-state index contributed by atoms with van der Waals surface area (Å²) < 4.78 is 0. The van der Waals surface area contributed by atoms with Crippen LogP contribution in [-0.4, -0.2) is 154 Å². The molecule has 2 fully saturated rings. The molecule has 0 spiro atoms. The third-order valence-corrected chi connectivity index (χ3v) is 12.2. The number of primary amides is 2. The third kappa shape index (κ3) is 19.9. The molecule has 10 amide bonds. The lowest BCUT2D eigenvalue weighted by molar-refractivity contribution is -0.142. The van der Waals surface area contributed by atoms with Crippen molar-refractivity contribution in [2.45, 2.75) is 139 Å². The Labute approximate surface area is 433 Å². The fraction of sp³-hybridized carbons (Fsp3) is 0.553. The molecule has 1 aromatic heterocycles. The fourth-order valence-corrected chi connectivity index (χ4v) is 8.49. The topological polar surface area (TPSA) is 468 Å². The van der Waals surface area contributed by atoms with Crippen LogP contribution in [0.25, 0.3) is 0 Å². The van der Waals surface area contributed by atoms with Crippen molar-refractivity contribution in [3.05, 3.63) is 54.1 Å². The van der Waals surface area contributed by atoms with Crippen LogP contribution in [0.4, 0.5) is 0 Å². The van der Waals surface area contributed by atoms with Gasteiger partial charge in [-0.15, -0.1) is 0 Å². The van der Waals surface area contributed by atoms with E-state index in [1.165, 1.54) is 17.4 Å². The number of aromatic nitrogens is 2. The second-order valence-electron chi connectivity index (χ2n) is 18.8. The molecule has 4 rings (SSSR count). The smallest absolute Gasteiger partial charge is 0.245 e. The van der Waals surface area contributed by atoms with Gasteiger partial charge in [-0.3, -0.25) is 57.9 Å². The van der Waals surface area contributed by atoms with Gasteiger partial charge >= 0.3 is 0 Å². The minimum absolute atomic E-state index is 0.0461. The number of guanidine groups is 2. The first-order valence-corrected chi connectivity index (χ1v) is 24.7. The highest BCUT2D eigenvalue weighted by Crippen LogP contribution is 2.21. The van der Waals surface area contributed by atoms with Crippen LogP contribution in [0.1, 0.15) is 89.3 Å². The Bertz CT molecular complexity index is 2370. The number of carbonyl (C=O) groups excluding carboxylic acids is 10. The summed E-state index contributed by atoms with van der Waals surface area (Å²) in [6, 6.07) is -1.08. The van der Waals surface area contributed by atoms with Crippen molar-refractivity contribution in [3.8, 4) is 0 Å². The van der Waals surface area contributed by atoms with Gasteiger partial charge in [-0.25, -0.2) is 4.98 Å². The largest absolute Gasteiger partial charge is 0.370 e. The van der Waals surface area contributed by atoms with Gasteiger partial charge in [-0.2, -0.15) is 0 Å². The van der Waals surface area contributed by atoms with E-state index in [4.69, 9.17) is 34.4 Å². The highest BCUT2D eigenvalue weighted by molar-refractivity contribution is 5.99. The van der Waals surface area contributed by atoms with Crippen molar-refractivity contribution >= 4 is 71.0 Å². The molecule has 0 radical (unpaired) electrons. The maximum Gasteiger partial charge on any atom is 0.245 e. The minimum atomic E-state index is -1.49. The SMILES string of the molecule is CC(C)C[C@H](NC(=O)[C@H](Cc1ccccc1)NC(=O)[C@@H]1CCC(=O)N1)C(=O)N[C@@H](Cc1cnc[nH]1)C(=O)N[C@@H](CCCN=C(N)N)C(=O)N1CCC[C@H]1C(=O)N[C@@H](CCCN=C(N)N)C(=O)N[C@@H](CC(N)=O)C(N)=O. The van der Waals surface area contributed by atoms with E-state index >= 15 is 0 Å². The molecule has 28 heteroatoms. The normalized spacial score (nSPS) is 17.4. The summed E-state index contributed by atoms with van der Waals surface area (Å²) in [4.78, 5) is 150. The second-order valence-corrected chi connectivity index (χ2v) is 18.8. The van der Waals surface area contributed by atoms with E-state index in [1.54, 1.807) is 30.3 Å². The highest BCUT2D eigenvalue weighted by Gasteiger charge is 2.40. The zero-order valence-electron chi connectivity index (χ0n) is 42.2. The van der Waals surface area contributed by atoms with Gasteiger partial charge in [0.15, 0.2) is 11.9 Å². The maximum absolute atomic E-state index is 14.7. The van der Waals surface area contributed by atoms with Gasteiger partial charge in [0.25, 0.3) is 0 Å². The average Bonchev–Trinajstić information content (AvgIpc) is 4.16. The molecule has 1 aromatic carbocycles. The number of carbonyl (C=O) groups is 10. The van der Waals surface area contributed by atoms with Crippen molar-refractivity contribution in [1.82, 2.24) is 52.1 Å². The van der Waals surface area contributed by atoms with E-state index in [2.05, 4.69) is 57.2 Å². The number of benzene rings is 1. The zero-order valence-corrected chi connectivity index (χ0v) is 42.2. The number of aromatic amines is 1. The van der Waals surface area contributed by atoms with E-state index in [9.17, 15) is 47.9 Å². The molecule has 0 saturated carbocycles. The third-order valence-electron chi connectivity index (χ3n) is 12.2. The van der Waals surface area contributed by atoms with Crippen molar-refractivity contribution in [2.24, 2.45) is 50.3 Å². The molecule has 75 heavy (non-hydrogen) atoms. The monoisotopic (exact) mass is 1050 g/mol. The summed E-state index contributed by atoms with van der Waals surface area (Å²) in [6.45, 7) is 3.83. The van der Waals surface area contributed by atoms with Crippen LogP contribution in [0.2, 0.25) is 0 Å². The summed E-state index contributed by atoms with van der Waals surface area (Å²) in [5, 5.41) is 18.6. The van der Waals surface area contributed by atoms with Crippen LogP contribution in [0, 0.1) is 5.92 Å². The van der Waals surface area contributed by atoms with Gasteiger partial charge in [0.2, 0.25) is 59.1 Å². The van der Waals surface area contributed by atoms with E-state index in [0.29, 0.717) is 17.7 Å². The first kappa shape index (κ1) is 59.2. The molecule has 0 aliphatic carbocycles. The molecule has 2 aliphatic rings. The Balaban J connectivity index is 1.59. The van der Waals surface area contributed by atoms with E-state index < -0.39 is 108 Å². The Kier molecular flexibility index (Phi) is 23.2. The molecule has 0 bridgehead atoms. The van der Waals surface area contributed by atoms with E-state index in [0.717, 1.165) is 0 Å². The van der Waals surface area contributed by atoms with Crippen molar-refractivity contribution < 1.29 is 47.9 Å². The molecule has 3 heterocycles. The van der Waals surface area contributed by atoms with Crippen LogP contribution in [0.5, 0.6) is 0 Å². The van der Waals surface area contributed by atoms with Crippen molar-refractivity contribution in [2.75, 3.05) is 19.6 Å². The molecule has 20 N–H and O–H groups in total. The maximum atomic E-state index is 14.7. The quantitative estimate of drug-likeness (QED) is 0.0198. The number of H-pyrrole nitrogens is 1. The predicted molar refractivity (Wildman–Crippen MR) is 272 cm³/mol. The number of imidazole rings is 1. The molecular formula is C47H72N18O10. The molecule has 2 aliphatic heterocycles. The van der Waals surface area contributed by atoms with Crippen LogP contribution < -0.4 is 71.6 Å². The number of likely N-dealkylation sites (tertiary alicyclic amines) is 1. The number of nitrogens with zero attached hydrogens (tertiary/aromatic N) is 4. The minimum Gasteiger partial charge on any atom is -0.370 e. The Morgan fingerprint density at radius 2 is 1.25 bits per heavy atom. The lowest BCUT2D eigenvalue weighted by Gasteiger charge is -2.31. The summed E-state index contributed by atoms with van der Waals surface area (Å²) >= 11 is 0. The van der Waals surface area contributed by atoms with Gasteiger partial charge < -0.3 is 81.5 Å². The summed E-state index contributed by atoms with van der Waals surface area (Å²) in [6.07, 6.45) is 3.29. The van der Waals surface area contributed by atoms with Gasteiger partial charge in [-0.1, -0.05) is 44.2 Å². The first-order chi connectivity index (χ1) is 35.6. The van der Waals surface area contributed by atoms with Crippen molar-refractivity contribution in [1.29, 1.82) is 0 Å². The van der Waals surface area contributed by atoms with Crippen LogP contribution in [0.3, 0.4) is 0 Å². The van der Waals surface area contributed by atoms with Gasteiger partial charge in [0.05, 0.1) is 12.7 Å². The predicted octanol–water partition coefficient (Wildman–Crippen LogP) is -5.11. The molecule has 28 nitrogen and oxygen atoms in total. The fourth-order valence-electron chi connectivity index (χ4n) is 8.49. The standard InChI is InChI=1S/C47H72N18O10/c1-25(2)19-32(62-42(72)33(20-26-9-4-3-5-10-26)63-40(70)29-14-15-37(67)58-29)41(71)64-34(21-27-23-54-24-57-27)43(73)60-30(12-7-17-56-47(52)53)45(75)65-18-8-13-35(65)44(74)59-28(11-6-16-55-46(50)51)39(69)61-31(38(49)68)22-36(48)66/h3-5,9-10,23-25,28-35H,6-8,11-22H2,1-2H3,(H2,48,66)(H2,49,68)(H,54,57)(H,58,67)(H,59,74)(H,60,73)(H,61,69)(H,62,72)(H,63,70)(H,64,71)(H4,50,51,55)(H4,52,53,56)/t28-,29-,30-,31-,32-,33-,34-,35-/m0/s1. The molecule has 2 saturated heterocycles. The van der Waals surface area contributed by atoms with Crippen LogP contribution >= 0.6 is 0 Å². The number of hydrogen-bond acceptors (Lipinski definition) is 13. The van der Waals surface area contributed by atoms with E-state index in [-0.39, 0.29) is 108 Å². The highest BCUT2D eigenvalue weighted by atomic mass is 16.2. The summed E-state index contributed by atoms with van der Waals surface area (Å²) in [7, 11) is 0. The molecule has 2 aromatic rings. The molecular weight excluding hydrogens is 977 g/mol. The molecule has 8 atom stereocenters. The average molecular weight is 1050 g/mol. The number of nitrogens with one attached hydrogen (secondary N) is 8. The lowest BCUT2D eigenvalue weighted by Crippen LogP contribution is -2.60. The summed E-state index contributed by atoms with van der Waals surface area (Å²) in [5.74, 6) is -8.03. The van der Waals surface area contributed by atoms with Gasteiger partial charge in [-0.05, 0) is 62.8 Å². The lowest BCUT2D eigenvalue weighted by atomic mass is 10.00. The number of aliphatic imine (C=N–C) groups is 2. The number of nitrogens with two attached hydrogens (primary N) is 6. The summed E-state index contributed by atoms with van der Waals surface area (Å²) in [5.41, 5.74) is 33.8. The van der Waals surface area contributed by atoms with Crippen LogP contribution in [-0.2, 0) is 60.8 Å². The van der Waals surface area contributed by atoms with Crippen molar-refractivity contribution in [3.63, 3.8) is 0 Å². The van der Waals surface area contributed by atoms with E-state index in [1.807, 2.05) is 13.8 Å². The van der Waals surface area contributed by atoms with Gasteiger partial charge in [0, 0.05) is 50.8 Å². The Morgan fingerprint density at radius 1 is 0.693 bits per heavy atom. The number of hydrogen-bond donors (Lipinski definition) is 14. The Hall–Kier alpha value is -8.33. The molecule has 410 valence electrons.